The second kappa shape index (κ2) is 15.4. The van der Waals surface area contributed by atoms with Gasteiger partial charge in [-0.15, -0.1) is 0 Å². The van der Waals surface area contributed by atoms with Crippen LogP contribution in [-0.2, 0) is 22.7 Å². The molecule has 13 heteroatoms. The minimum absolute atomic E-state index is 0.0450. The minimum Gasteiger partial charge on any atom is -0.496 e. The van der Waals surface area contributed by atoms with Gasteiger partial charge in [0.1, 0.15) is 17.2 Å². The van der Waals surface area contributed by atoms with Crippen LogP contribution in [0.1, 0.15) is 36.8 Å². The summed E-state index contributed by atoms with van der Waals surface area (Å²) in [4.78, 5) is 40.8. The summed E-state index contributed by atoms with van der Waals surface area (Å²) in [5, 5.41) is 13.1. The molecule has 2 aliphatic heterocycles. The Hall–Kier alpha value is -4.81. The fraction of sp³-hybridized carbons (Fsp3) is 0.282. The average Bonchev–Trinajstić information content (AvgIpc) is 3.76. The third kappa shape index (κ3) is 7.40. The van der Waals surface area contributed by atoms with Crippen molar-refractivity contribution in [1.29, 1.82) is 0 Å². The molecule has 268 valence electrons. The lowest BCUT2D eigenvalue weighted by atomic mass is 9.95. The minimum atomic E-state index is -0.453. The highest BCUT2D eigenvalue weighted by Gasteiger charge is 2.23. The van der Waals surface area contributed by atoms with Crippen LogP contribution in [0.4, 0.5) is 4.39 Å². The number of hydrogen-bond donors (Lipinski definition) is 4. The Balaban J connectivity index is 1.12. The Kier molecular flexibility index (Phi) is 10.6. The van der Waals surface area contributed by atoms with E-state index in [-0.39, 0.29) is 35.0 Å². The maximum Gasteiger partial charge on any atom is 0.262 e. The third-order valence-electron chi connectivity index (χ3n) is 9.62. The van der Waals surface area contributed by atoms with Gasteiger partial charge in [-0.2, -0.15) is 0 Å². The number of halogens is 3. The molecule has 2 atom stereocenters. The number of benzene rings is 3. The van der Waals surface area contributed by atoms with E-state index in [4.69, 9.17) is 27.9 Å². The Labute approximate surface area is 309 Å². The standard InChI is InChI=1S/C39H37Cl2FN6O4/c1-52-33-16-31(32(42)14-23(33)17-43-20-25-8-10-35(49)46-25)30-7-3-6-29(38(30)41)28-5-2-4-27(37(28)40)22-12-13-48-34(15-22)45-19-24(39(48)51)18-44-21-26-9-11-36(50)47-26/h2-7,12-16,19,25-26,43-44H,8-11,17-18,20-21H2,1H3,(H,46,49)(H,47,50)/t25-,26-/m1/s1. The number of rotatable bonds is 12. The van der Waals surface area contributed by atoms with Crippen molar-refractivity contribution in [1.82, 2.24) is 30.7 Å². The first-order valence-electron chi connectivity index (χ1n) is 17.1. The molecule has 2 saturated heterocycles. The molecule has 5 aromatic rings. The molecule has 2 fully saturated rings. The van der Waals surface area contributed by atoms with Crippen LogP contribution < -0.4 is 31.6 Å². The maximum absolute atomic E-state index is 15.8. The molecule has 0 bridgehead atoms. The average molecular weight is 744 g/mol. The van der Waals surface area contributed by atoms with Gasteiger partial charge in [0.2, 0.25) is 11.8 Å². The molecular formula is C39H37Cl2FN6O4. The number of carbonyl (C=O) groups is 2. The van der Waals surface area contributed by atoms with Gasteiger partial charge in [0.25, 0.3) is 5.56 Å². The Bertz CT molecular complexity index is 2250. The Morgan fingerprint density at radius 1 is 0.808 bits per heavy atom. The van der Waals surface area contributed by atoms with Crippen molar-refractivity contribution in [2.75, 3.05) is 20.2 Å². The van der Waals surface area contributed by atoms with Gasteiger partial charge in [-0.1, -0.05) is 59.6 Å². The molecule has 4 heterocycles. The number of nitrogens with zero attached hydrogens (tertiary/aromatic N) is 2. The first-order chi connectivity index (χ1) is 25.2. The van der Waals surface area contributed by atoms with Crippen LogP contribution >= 0.6 is 23.2 Å². The van der Waals surface area contributed by atoms with Crippen LogP contribution in [0.2, 0.25) is 10.0 Å². The lowest BCUT2D eigenvalue weighted by molar-refractivity contribution is -0.120. The molecule has 0 unspecified atom stereocenters. The molecule has 4 N–H and O–H groups in total. The summed E-state index contributed by atoms with van der Waals surface area (Å²) >= 11 is 14.1. The molecule has 2 aromatic heterocycles. The molecule has 0 spiro atoms. The van der Waals surface area contributed by atoms with Gasteiger partial charge in [0.05, 0.1) is 17.2 Å². The zero-order valence-electron chi connectivity index (χ0n) is 28.4. The number of pyridine rings is 1. The van der Waals surface area contributed by atoms with E-state index in [0.29, 0.717) is 93.8 Å². The van der Waals surface area contributed by atoms with E-state index in [1.54, 1.807) is 36.7 Å². The predicted octanol–water partition coefficient (Wildman–Crippen LogP) is 5.89. The van der Waals surface area contributed by atoms with Crippen molar-refractivity contribution >= 4 is 40.7 Å². The quantitative estimate of drug-likeness (QED) is 0.126. The van der Waals surface area contributed by atoms with Gasteiger partial charge in [0.15, 0.2) is 0 Å². The number of methoxy groups -OCH3 is 1. The summed E-state index contributed by atoms with van der Waals surface area (Å²) in [5.74, 6) is 0.149. The second-order valence-corrected chi connectivity index (χ2v) is 13.8. The van der Waals surface area contributed by atoms with Crippen LogP contribution in [-0.4, -0.2) is 53.5 Å². The highest BCUT2D eigenvalue weighted by molar-refractivity contribution is 6.39. The Morgan fingerprint density at radius 2 is 1.38 bits per heavy atom. The molecule has 0 saturated carbocycles. The van der Waals surface area contributed by atoms with Crippen LogP contribution in [0, 0.1) is 5.82 Å². The van der Waals surface area contributed by atoms with Crippen LogP contribution in [0.25, 0.3) is 39.0 Å². The van der Waals surface area contributed by atoms with Gasteiger partial charge >= 0.3 is 0 Å². The topological polar surface area (TPSA) is 126 Å². The first-order valence-corrected chi connectivity index (χ1v) is 17.9. The zero-order valence-corrected chi connectivity index (χ0v) is 29.9. The number of nitrogens with one attached hydrogen (secondary N) is 4. The number of carbonyl (C=O) groups excluding carboxylic acids is 2. The fourth-order valence-electron chi connectivity index (χ4n) is 6.87. The van der Waals surface area contributed by atoms with E-state index in [1.165, 1.54) is 17.6 Å². The number of fused-ring (bicyclic) bond motifs is 1. The molecule has 52 heavy (non-hydrogen) atoms. The van der Waals surface area contributed by atoms with E-state index < -0.39 is 5.82 Å². The van der Waals surface area contributed by atoms with E-state index in [9.17, 15) is 14.4 Å². The number of hydrogen-bond acceptors (Lipinski definition) is 7. The van der Waals surface area contributed by atoms with E-state index in [1.807, 2.05) is 30.3 Å². The Morgan fingerprint density at radius 3 is 1.98 bits per heavy atom. The lowest BCUT2D eigenvalue weighted by Gasteiger charge is -2.17. The predicted molar refractivity (Wildman–Crippen MR) is 200 cm³/mol. The summed E-state index contributed by atoms with van der Waals surface area (Å²) in [5.41, 5.74) is 4.95. The number of amides is 2. The molecule has 3 aromatic carbocycles. The van der Waals surface area contributed by atoms with Gasteiger partial charge in [0, 0.05) is 102 Å². The number of ether oxygens (including phenoxy) is 1. The molecule has 10 nitrogen and oxygen atoms in total. The van der Waals surface area contributed by atoms with Crippen molar-refractivity contribution < 1.29 is 18.7 Å². The summed E-state index contributed by atoms with van der Waals surface area (Å²) in [7, 11) is 1.54. The highest BCUT2D eigenvalue weighted by Crippen LogP contribution is 2.43. The highest BCUT2D eigenvalue weighted by atomic mass is 35.5. The molecule has 2 amide bonds. The fourth-order valence-corrected chi connectivity index (χ4v) is 7.53. The van der Waals surface area contributed by atoms with Crippen LogP contribution in [0.5, 0.6) is 5.75 Å². The zero-order chi connectivity index (χ0) is 36.4. The van der Waals surface area contributed by atoms with Crippen LogP contribution in [0.3, 0.4) is 0 Å². The second-order valence-electron chi connectivity index (χ2n) is 13.1. The summed E-state index contributed by atoms with van der Waals surface area (Å²) in [6.45, 7) is 1.84. The van der Waals surface area contributed by atoms with Gasteiger partial charge in [-0.3, -0.25) is 18.8 Å². The molecule has 0 aliphatic carbocycles. The van der Waals surface area contributed by atoms with E-state index >= 15 is 4.39 Å². The van der Waals surface area contributed by atoms with Gasteiger partial charge in [-0.25, -0.2) is 9.37 Å². The molecule has 0 radical (unpaired) electrons. The SMILES string of the molecule is COc1cc(-c2cccc(-c3cccc(-c4ccn5c(=O)c(CNC[C@H]6CCC(=O)N6)cnc5c4)c3Cl)c2Cl)c(F)cc1CNC[C@H]1CCC(=O)N1. The maximum atomic E-state index is 15.8. The van der Waals surface area contributed by atoms with Crippen molar-refractivity contribution in [3.8, 4) is 39.1 Å². The van der Waals surface area contributed by atoms with Crippen molar-refractivity contribution in [3.05, 3.63) is 110 Å². The molecule has 2 aliphatic rings. The lowest BCUT2D eigenvalue weighted by Crippen LogP contribution is -2.36. The summed E-state index contributed by atoms with van der Waals surface area (Å²) in [6.07, 6.45) is 5.83. The number of aromatic nitrogens is 2. The third-order valence-corrected chi connectivity index (χ3v) is 10.4. The van der Waals surface area contributed by atoms with E-state index in [0.717, 1.165) is 18.4 Å². The first kappa shape index (κ1) is 35.6. The molecule has 7 rings (SSSR count). The summed E-state index contributed by atoms with van der Waals surface area (Å²) in [6, 6.07) is 17.8. The van der Waals surface area contributed by atoms with Crippen molar-refractivity contribution in [3.63, 3.8) is 0 Å². The van der Waals surface area contributed by atoms with Crippen LogP contribution in [0.15, 0.2) is 77.9 Å². The van der Waals surface area contributed by atoms with E-state index in [2.05, 4.69) is 26.3 Å². The van der Waals surface area contributed by atoms with Crippen molar-refractivity contribution in [2.24, 2.45) is 0 Å². The van der Waals surface area contributed by atoms with Gasteiger partial charge < -0.3 is 26.0 Å². The monoisotopic (exact) mass is 742 g/mol. The molecular weight excluding hydrogens is 706 g/mol. The van der Waals surface area contributed by atoms with Crippen molar-refractivity contribution in [2.45, 2.75) is 50.9 Å². The smallest absolute Gasteiger partial charge is 0.262 e. The normalized spacial score (nSPS) is 17.1. The largest absolute Gasteiger partial charge is 0.496 e. The van der Waals surface area contributed by atoms with Gasteiger partial charge in [-0.05, 0) is 42.7 Å². The summed E-state index contributed by atoms with van der Waals surface area (Å²) < 4.78 is 22.9.